The number of hydrogen-bond donors (Lipinski definition) is 1. The van der Waals surface area contributed by atoms with Crippen molar-refractivity contribution in [3.8, 4) is 0 Å². The Morgan fingerprint density at radius 2 is 2.22 bits per heavy atom. The molecule has 0 amide bonds. The van der Waals surface area contributed by atoms with Gasteiger partial charge in [-0.25, -0.2) is 0 Å². The molecule has 2 unspecified atom stereocenters. The van der Waals surface area contributed by atoms with Crippen LogP contribution < -0.4 is 5.32 Å². The monoisotopic (exact) mass is 250 g/mol. The Morgan fingerprint density at radius 3 is 3.17 bits per heavy atom. The van der Waals surface area contributed by atoms with Crippen LogP contribution in [0.4, 0.5) is 0 Å². The normalized spacial score (nSPS) is 25.7. The lowest BCUT2D eigenvalue weighted by molar-refractivity contribution is 0.142. The summed E-state index contributed by atoms with van der Waals surface area (Å²) < 4.78 is 7.78. The zero-order chi connectivity index (χ0) is 12.4. The molecule has 5 nitrogen and oxygen atoms in total. The molecule has 0 saturated carbocycles. The SMILES string of the molecule is CC(NC1CCCOCC1)c1nnc2n1CCC2. The van der Waals surface area contributed by atoms with Gasteiger partial charge in [0.1, 0.15) is 11.6 Å². The summed E-state index contributed by atoms with van der Waals surface area (Å²) >= 11 is 0. The quantitative estimate of drug-likeness (QED) is 0.882. The number of rotatable bonds is 3. The van der Waals surface area contributed by atoms with Crippen molar-refractivity contribution in [3.63, 3.8) is 0 Å². The predicted octanol–water partition coefficient (Wildman–Crippen LogP) is 1.44. The van der Waals surface area contributed by atoms with Gasteiger partial charge in [-0.15, -0.1) is 10.2 Å². The van der Waals surface area contributed by atoms with E-state index in [0.29, 0.717) is 6.04 Å². The van der Waals surface area contributed by atoms with Crippen LogP contribution in [0.15, 0.2) is 0 Å². The lowest BCUT2D eigenvalue weighted by Gasteiger charge is -2.21. The maximum Gasteiger partial charge on any atom is 0.149 e. The van der Waals surface area contributed by atoms with Crippen LogP contribution in [0.1, 0.15) is 50.3 Å². The predicted molar refractivity (Wildman–Crippen MR) is 68.4 cm³/mol. The van der Waals surface area contributed by atoms with Crippen molar-refractivity contribution in [1.29, 1.82) is 0 Å². The second-order valence-corrected chi connectivity index (χ2v) is 5.36. The number of ether oxygens (including phenoxy) is 1. The maximum atomic E-state index is 5.50. The number of aryl methyl sites for hydroxylation is 1. The minimum atomic E-state index is 0.285. The summed E-state index contributed by atoms with van der Waals surface area (Å²) in [6.07, 6.45) is 5.75. The summed E-state index contributed by atoms with van der Waals surface area (Å²) in [5, 5.41) is 12.3. The Morgan fingerprint density at radius 1 is 1.28 bits per heavy atom. The highest BCUT2D eigenvalue weighted by Gasteiger charge is 2.23. The molecule has 3 rings (SSSR count). The van der Waals surface area contributed by atoms with E-state index < -0.39 is 0 Å². The van der Waals surface area contributed by atoms with Gasteiger partial charge in [0.05, 0.1) is 6.04 Å². The topological polar surface area (TPSA) is 52.0 Å². The molecule has 0 radical (unpaired) electrons. The van der Waals surface area contributed by atoms with Gasteiger partial charge in [-0.2, -0.15) is 0 Å². The van der Waals surface area contributed by atoms with Crippen LogP contribution in [0.25, 0.3) is 0 Å². The Balaban J connectivity index is 1.64. The first-order valence-electron chi connectivity index (χ1n) is 7.10. The summed E-state index contributed by atoms with van der Waals surface area (Å²) in [7, 11) is 0. The highest BCUT2D eigenvalue weighted by Crippen LogP contribution is 2.20. The number of fused-ring (bicyclic) bond motifs is 1. The fourth-order valence-electron chi connectivity index (χ4n) is 2.99. The minimum absolute atomic E-state index is 0.285. The molecule has 0 spiro atoms. The number of hydrogen-bond acceptors (Lipinski definition) is 4. The Bertz CT molecular complexity index is 396. The van der Waals surface area contributed by atoms with Gasteiger partial charge in [0, 0.05) is 32.2 Å². The van der Waals surface area contributed by atoms with E-state index >= 15 is 0 Å². The third-order valence-corrected chi connectivity index (χ3v) is 3.96. The van der Waals surface area contributed by atoms with Crippen molar-refractivity contribution in [2.75, 3.05) is 13.2 Å². The Hall–Kier alpha value is -0.940. The van der Waals surface area contributed by atoms with Crippen molar-refractivity contribution >= 4 is 0 Å². The molecule has 18 heavy (non-hydrogen) atoms. The van der Waals surface area contributed by atoms with E-state index in [4.69, 9.17) is 4.74 Å². The summed E-state index contributed by atoms with van der Waals surface area (Å²) in [4.78, 5) is 0. The fraction of sp³-hybridized carbons (Fsp3) is 0.846. The summed E-state index contributed by atoms with van der Waals surface area (Å²) in [6.45, 7) is 5.06. The molecule has 1 aromatic heterocycles. The van der Waals surface area contributed by atoms with Crippen molar-refractivity contribution in [3.05, 3.63) is 11.6 Å². The molecule has 1 fully saturated rings. The highest BCUT2D eigenvalue weighted by atomic mass is 16.5. The first-order chi connectivity index (χ1) is 8.84. The second kappa shape index (κ2) is 5.36. The van der Waals surface area contributed by atoms with Gasteiger partial charge in [-0.3, -0.25) is 0 Å². The van der Waals surface area contributed by atoms with E-state index in [-0.39, 0.29) is 6.04 Å². The van der Waals surface area contributed by atoms with Gasteiger partial charge in [-0.1, -0.05) is 0 Å². The molecular formula is C13H22N4O. The zero-order valence-corrected chi connectivity index (χ0v) is 11.1. The van der Waals surface area contributed by atoms with Gasteiger partial charge in [0.25, 0.3) is 0 Å². The molecule has 2 atom stereocenters. The summed E-state index contributed by atoms with van der Waals surface area (Å²) in [6, 6.07) is 0.837. The maximum absolute atomic E-state index is 5.50. The van der Waals surface area contributed by atoms with Crippen molar-refractivity contribution in [2.45, 2.75) is 57.7 Å². The van der Waals surface area contributed by atoms with Crippen molar-refractivity contribution in [1.82, 2.24) is 20.1 Å². The molecule has 0 aromatic carbocycles. The van der Waals surface area contributed by atoms with E-state index in [0.717, 1.165) is 50.7 Å². The highest BCUT2D eigenvalue weighted by molar-refractivity contribution is 5.04. The average molecular weight is 250 g/mol. The molecule has 1 aromatic rings. The second-order valence-electron chi connectivity index (χ2n) is 5.36. The standard InChI is InChI=1S/C13H22N4O/c1-10(14-11-4-3-8-18-9-6-11)13-16-15-12-5-2-7-17(12)13/h10-11,14H,2-9H2,1H3. The van der Waals surface area contributed by atoms with E-state index in [2.05, 4.69) is 27.0 Å². The molecule has 2 aliphatic heterocycles. The van der Waals surface area contributed by atoms with E-state index in [1.54, 1.807) is 0 Å². The van der Waals surface area contributed by atoms with Crippen LogP contribution in [0.3, 0.4) is 0 Å². The first kappa shape index (κ1) is 12.1. The van der Waals surface area contributed by atoms with Crippen LogP contribution in [0.5, 0.6) is 0 Å². The fourth-order valence-corrected chi connectivity index (χ4v) is 2.99. The third-order valence-electron chi connectivity index (χ3n) is 3.96. The van der Waals surface area contributed by atoms with Gasteiger partial charge >= 0.3 is 0 Å². The van der Waals surface area contributed by atoms with Crippen LogP contribution >= 0.6 is 0 Å². The molecule has 2 aliphatic rings. The van der Waals surface area contributed by atoms with E-state index in [1.807, 2.05) is 0 Å². The first-order valence-corrected chi connectivity index (χ1v) is 7.10. The zero-order valence-electron chi connectivity index (χ0n) is 11.1. The van der Waals surface area contributed by atoms with Gasteiger partial charge < -0.3 is 14.6 Å². The lowest BCUT2D eigenvalue weighted by atomic mass is 10.1. The molecular weight excluding hydrogens is 228 g/mol. The van der Waals surface area contributed by atoms with Crippen LogP contribution in [-0.2, 0) is 17.7 Å². The van der Waals surface area contributed by atoms with Crippen molar-refractivity contribution in [2.24, 2.45) is 0 Å². The molecule has 100 valence electrons. The van der Waals surface area contributed by atoms with Gasteiger partial charge in [-0.05, 0) is 32.6 Å². The molecule has 1 saturated heterocycles. The van der Waals surface area contributed by atoms with Crippen molar-refractivity contribution < 1.29 is 4.74 Å². The lowest BCUT2D eigenvalue weighted by Crippen LogP contribution is -2.33. The van der Waals surface area contributed by atoms with Gasteiger partial charge in [0.2, 0.25) is 0 Å². The average Bonchev–Trinajstić information content (AvgIpc) is 2.87. The summed E-state index contributed by atoms with van der Waals surface area (Å²) in [5.74, 6) is 2.26. The third kappa shape index (κ3) is 2.42. The molecule has 0 aliphatic carbocycles. The van der Waals surface area contributed by atoms with Crippen LogP contribution in [0, 0.1) is 0 Å². The summed E-state index contributed by atoms with van der Waals surface area (Å²) in [5.41, 5.74) is 0. The molecule has 1 N–H and O–H groups in total. The number of nitrogens with zero attached hydrogens (tertiary/aromatic N) is 3. The van der Waals surface area contributed by atoms with Crippen LogP contribution in [-0.4, -0.2) is 34.0 Å². The van der Waals surface area contributed by atoms with E-state index in [1.165, 1.54) is 12.8 Å². The van der Waals surface area contributed by atoms with E-state index in [9.17, 15) is 0 Å². The number of nitrogens with one attached hydrogen (secondary N) is 1. The van der Waals surface area contributed by atoms with Gasteiger partial charge in [0.15, 0.2) is 0 Å². The Labute approximate surface area is 108 Å². The van der Waals surface area contributed by atoms with Crippen LogP contribution in [0.2, 0.25) is 0 Å². The smallest absolute Gasteiger partial charge is 0.149 e. The number of aromatic nitrogens is 3. The Kier molecular flexibility index (Phi) is 3.61. The minimum Gasteiger partial charge on any atom is -0.381 e. The molecule has 5 heteroatoms. The molecule has 0 bridgehead atoms. The molecule has 3 heterocycles. The largest absolute Gasteiger partial charge is 0.381 e.